The summed E-state index contributed by atoms with van der Waals surface area (Å²) in [6.07, 6.45) is 0.597. The first-order valence-electron chi connectivity index (χ1n) is 9.16. The van der Waals surface area contributed by atoms with E-state index in [0.717, 1.165) is 4.70 Å². The molecule has 29 heavy (non-hydrogen) atoms. The molecule has 3 aromatic rings. The monoisotopic (exact) mass is 434 g/mol. The van der Waals surface area contributed by atoms with Gasteiger partial charge in [0.1, 0.15) is 11.3 Å². The van der Waals surface area contributed by atoms with E-state index in [1.54, 1.807) is 51.3 Å². The molecule has 1 aromatic heterocycles. The molecule has 0 saturated carbocycles. The Labute approximate surface area is 172 Å². The van der Waals surface area contributed by atoms with E-state index in [9.17, 15) is 19.1 Å². The number of amides is 1. The Bertz CT molecular complexity index is 1070. The normalized spacial score (nSPS) is 12.2. The molecule has 0 radical (unpaired) electrons. The summed E-state index contributed by atoms with van der Waals surface area (Å²) in [6.45, 7) is 3.51. The van der Waals surface area contributed by atoms with E-state index in [1.807, 2.05) is 12.1 Å². The number of benzene rings is 2. The van der Waals surface area contributed by atoms with Crippen LogP contribution in [0.5, 0.6) is 5.75 Å². The summed E-state index contributed by atoms with van der Waals surface area (Å²) >= 11 is 1.34. The zero-order chi connectivity index (χ0) is 21.2. The number of nitrogens with zero attached hydrogens (tertiary/aromatic N) is 1. The van der Waals surface area contributed by atoms with Crippen molar-refractivity contribution in [2.75, 3.05) is 12.4 Å². The average Bonchev–Trinajstić information content (AvgIpc) is 3.11. The van der Waals surface area contributed by atoms with Gasteiger partial charge in [0.2, 0.25) is 0 Å². The Morgan fingerprint density at radius 2 is 1.83 bits per heavy atom. The zero-order valence-corrected chi connectivity index (χ0v) is 18.1. The Morgan fingerprint density at radius 1 is 1.17 bits per heavy atom. The number of para-hydroxylation sites is 1. The maximum Gasteiger partial charge on any atom is 0.335 e. The molecule has 3 N–H and O–H groups in total. The van der Waals surface area contributed by atoms with Crippen molar-refractivity contribution in [1.29, 1.82) is 0 Å². The van der Waals surface area contributed by atoms with Crippen LogP contribution in [-0.2, 0) is 9.72 Å². The minimum atomic E-state index is -4.37. The number of aromatic nitrogens is 1. The molecular weight excluding hydrogens is 411 g/mol. The van der Waals surface area contributed by atoms with Crippen LogP contribution in [0.4, 0.5) is 5.13 Å². The quantitative estimate of drug-likeness (QED) is 0.463. The minimum Gasteiger partial charge on any atom is -0.494 e. The Kier molecular flexibility index (Phi) is 6.10. The molecular formula is C20H23N2O5PS. The highest BCUT2D eigenvalue weighted by molar-refractivity contribution is 7.53. The van der Waals surface area contributed by atoms with Crippen LogP contribution in [0.15, 0.2) is 42.5 Å². The second-order valence-electron chi connectivity index (χ2n) is 6.64. The Balaban J connectivity index is 1.85. The zero-order valence-electron chi connectivity index (χ0n) is 16.4. The molecule has 1 heterocycles. The van der Waals surface area contributed by atoms with Crippen LogP contribution in [-0.4, -0.2) is 27.8 Å². The first-order chi connectivity index (χ1) is 13.8. The van der Waals surface area contributed by atoms with Crippen molar-refractivity contribution in [1.82, 2.24) is 4.98 Å². The number of anilines is 1. The molecule has 1 amide bonds. The van der Waals surface area contributed by atoms with Crippen LogP contribution in [0, 0.1) is 0 Å². The number of methoxy groups -OCH3 is 1. The van der Waals surface area contributed by atoms with Gasteiger partial charge in [-0.2, -0.15) is 0 Å². The highest BCUT2D eigenvalue weighted by Gasteiger charge is 2.45. The van der Waals surface area contributed by atoms with E-state index in [2.05, 4.69) is 10.3 Å². The van der Waals surface area contributed by atoms with Gasteiger partial charge in [-0.1, -0.05) is 43.4 Å². The van der Waals surface area contributed by atoms with E-state index in [1.165, 1.54) is 11.3 Å². The molecule has 0 aliphatic heterocycles. The number of hydrogen-bond acceptors (Lipinski definition) is 5. The van der Waals surface area contributed by atoms with Crippen molar-refractivity contribution < 1.29 is 23.9 Å². The van der Waals surface area contributed by atoms with E-state index < -0.39 is 12.8 Å². The fourth-order valence-corrected chi connectivity index (χ4v) is 5.67. The number of ether oxygens (including phenoxy) is 1. The van der Waals surface area contributed by atoms with Crippen molar-refractivity contribution in [2.45, 2.75) is 31.8 Å². The van der Waals surface area contributed by atoms with Crippen LogP contribution >= 0.6 is 18.9 Å². The van der Waals surface area contributed by atoms with Gasteiger partial charge in [-0.25, -0.2) is 4.98 Å². The van der Waals surface area contributed by atoms with Crippen LogP contribution < -0.4 is 10.1 Å². The van der Waals surface area contributed by atoms with Crippen molar-refractivity contribution >= 4 is 40.2 Å². The predicted octanol–water partition coefficient (Wildman–Crippen LogP) is 4.75. The van der Waals surface area contributed by atoms with Crippen molar-refractivity contribution in [2.24, 2.45) is 0 Å². The number of carbonyl (C=O) groups is 1. The van der Waals surface area contributed by atoms with Gasteiger partial charge in [-0.05, 0) is 42.7 Å². The third-order valence-electron chi connectivity index (χ3n) is 5.23. The molecule has 0 aliphatic carbocycles. The molecule has 2 aromatic carbocycles. The largest absolute Gasteiger partial charge is 0.494 e. The van der Waals surface area contributed by atoms with Gasteiger partial charge in [-0.15, -0.1) is 0 Å². The van der Waals surface area contributed by atoms with Crippen LogP contribution in [0.3, 0.4) is 0 Å². The number of thiazole rings is 1. The highest BCUT2D eigenvalue weighted by atomic mass is 32.1. The summed E-state index contributed by atoms with van der Waals surface area (Å²) in [5, 5.41) is 1.98. The summed E-state index contributed by atoms with van der Waals surface area (Å²) in [5.74, 6) is 0.292. The first-order valence-corrected chi connectivity index (χ1v) is 11.6. The van der Waals surface area contributed by atoms with Gasteiger partial charge in [-0.3, -0.25) is 14.7 Å². The smallest absolute Gasteiger partial charge is 0.335 e. The number of carbonyl (C=O) groups excluding carboxylic acids is 1. The molecule has 154 valence electrons. The number of fused-ring (bicyclic) bond motifs is 1. The lowest BCUT2D eigenvalue weighted by Gasteiger charge is -2.32. The van der Waals surface area contributed by atoms with Crippen molar-refractivity contribution in [3.05, 3.63) is 53.6 Å². The number of nitrogens with one attached hydrogen (secondary N) is 1. The molecule has 0 saturated heterocycles. The van der Waals surface area contributed by atoms with Gasteiger partial charge >= 0.3 is 7.60 Å². The Morgan fingerprint density at radius 3 is 2.38 bits per heavy atom. The number of hydrogen-bond donors (Lipinski definition) is 3. The summed E-state index contributed by atoms with van der Waals surface area (Å²) in [4.78, 5) is 36.8. The van der Waals surface area contributed by atoms with Crippen LogP contribution in [0.25, 0.3) is 10.2 Å². The number of rotatable bonds is 7. The van der Waals surface area contributed by atoms with E-state index in [4.69, 9.17) is 4.74 Å². The Hall–Kier alpha value is -2.25. The highest BCUT2D eigenvalue weighted by Crippen LogP contribution is 2.60. The maximum atomic E-state index is 12.6. The molecule has 0 bridgehead atoms. The third-order valence-corrected chi connectivity index (χ3v) is 8.18. The molecule has 0 atom stereocenters. The third kappa shape index (κ3) is 3.94. The summed E-state index contributed by atoms with van der Waals surface area (Å²) < 4.78 is 18.3. The van der Waals surface area contributed by atoms with Crippen molar-refractivity contribution in [3.63, 3.8) is 0 Å². The van der Waals surface area contributed by atoms with E-state index in [0.29, 0.717) is 40.4 Å². The second-order valence-corrected chi connectivity index (χ2v) is 9.61. The fraction of sp³-hybridized carbons (Fsp3) is 0.300. The van der Waals surface area contributed by atoms with Gasteiger partial charge in [0, 0.05) is 5.56 Å². The summed E-state index contributed by atoms with van der Waals surface area (Å²) in [5.41, 5.74) is 1.59. The average molecular weight is 434 g/mol. The van der Waals surface area contributed by atoms with Gasteiger partial charge in [0.15, 0.2) is 5.13 Å². The van der Waals surface area contributed by atoms with Crippen LogP contribution in [0.1, 0.15) is 42.6 Å². The fourth-order valence-electron chi connectivity index (χ4n) is 3.48. The second kappa shape index (κ2) is 8.24. The maximum absolute atomic E-state index is 12.6. The van der Waals surface area contributed by atoms with E-state index >= 15 is 0 Å². The summed E-state index contributed by atoms with van der Waals surface area (Å²) in [7, 11) is -2.80. The van der Waals surface area contributed by atoms with E-state index in [-0.39, 0.29) is 5.91 Å². The molecule has 3 rings (SSSR count). The lowest BCUT2D eigenvalue weighted by molar-refractivity contribution is 0.102. The lowest BCUT2D eigenvalue weighted by atomic mass is 9.92. The van der Waals surface area contributed by atoms with Crippen LogP contribution in [0.2, 0.25) is 0 Å². The molecule has 0 spiro atoms. The van der Waals surface area contributed by atoms with Gasteiger partial charge in [0.25, 0.3) is 5.91 Å². The first kappa shape index (κ1) is 21.5. The topological polar surface area (TPSA) is 109 Å². The minimum absolute atomic E-state index is 0.298. The molecule has 0 unspecified atom stereocenters. The summed E-state index contributed by atoms with van der Waals surface area (Å²) in [6, 6.07) is 11.9. The predicted molar refractivity (Wildman–Crippen MR) is 115 cm³/mol. The molecule has 9 heteroatoms. The van der Waals surface area contributed by atoms with Crippen molar-refractivity contribution in [3.8, 4) is 5.75 Å². The van der Waals surface area contributed by atoms with Gasteiger partial charge in [0.05, 0.1) is 17.0 Å². The molecule has 0 fully saturated rings. The lowest BCUT2D eigenvalue weighted by Crippen LogP contribution is -2.24. The SMILES string of the molecule is CCC(CC)(c1ccc(C(=O)Nc2nc3c(OC)cccc3s2)cc1)P(=O)(O)O. The van der Waals surface area contributed by atoms with Gasteiger partial charge < -0.3 is 14.5 Å². The standard InChI is InChI=1S/C20H23N2O5PS/c1-4-20(5-2,28(24,25)26)14-11-9-13(10-12-14)18(23)22-19-21-17-15(27-3)7-6-8-16(17)29-19/h6-12H,4-5H2,1-3H3,(H,21,22,23)(H2,24,25,26). The molecule has 0 aliphatic rings. The molecule has 7 nitrogen and oxygen atoms in total.